The second-order valence-electron chi connectivity index (χ2n) is 4.56. The third-order valence-corrected chi connectivity index (χ3v) is 3.18. The quantitative estimate of drug-likeness (QED) is 0.930. The van der Waals surface area contributed by atoms with E-state index < -0.39 is 6.04 Å². The molecule has 4 nitrogen and oxygen atoms in total. The van der Waals surface area contributed by atoms with E-state index in [1.807, 2.05) is 12.1 Å². The number of halogens is 2. The molecule has 1 aromatic carbocycles. The first-order valence-electron chi connectivity index (χ1n) is 6.03. The van der Waals surface area contributed by atoms with Gasteiger partial charge in [0.15, 0.2) is 0 Å². The summed E-state index contributed by atoms with van der Waals surface area (Å²) in [6, 6.07) is 6.83. The summed E-state index contributed by atoms with van der Waals surface area (Å²) in [4.78, 5) is 13.5. The monoisotopic (exact) mass is 304 g/mol. The average molecular weight is 305 g/mol. The van der Waals surface area contributed by atoms with Crippen molar-refractivity contribution in [2.24, 2.45) is 5.73 Å². The van der Waals surface area contributed by atoms with E-state index in [2.05, 4.69) is 0 Å². The third kappa shape index (κ3) is 4.27. The van der Waals surface area contributed by atoms with Gasteiger partial charge in [-0.05, 0) is 25.1 Å². The zero-order valence-electron chi connectivity index (χ0n) is 10.7. The van der Waals surface area contributed by atoms with Gasteiger partial charge >= 0.3 is 0 Å². The Bertz CT molecular complexity index is 440. The minimum atomic E-state index is -0.449. The fraction of sp³-hybridized carbons (Fsp3) is 0.462. The van der Waals surface area contributed by atoms with Crippen LogP contribution in [0.2, 0.25) is 5.02 Å². The molecule has 1 amide bonds. The van der Waals surface area contributed by atoms with Crippen molar-refractivity contribution in [1.82, 2.24) is 4.90 Å². The van der Waals surface area contributed by atoms with Crippen LogP contribution in [0.1, 0.15) is 13.3 Å². The highest BCUT2D eigenvalue weighted by molar-refractivity contribution is 6.30. The lowest BCUT2D eigenvalue weighted by atomic mass is 10.3. The van der Waals surface area contributed by atoms with Gasteiger partial charge in [0.1, 0.15) is 11.9 Å². The number of carbonyl (C=O) groups is 1. The molecule has 106 valence electrons. The van der Waals surface area contributed by atoms with Gasteiger partial charge in [-0.3, -0.25) is 4.79 Å². The fourth-order valence-corrected chi connectivity index (χ4v) is 2.23. The average Bonchev–Trinajstić information content (AvgIpc) is 2.76. The largest absolute Gasteiger partial charge is 0.488 e. The number of hydrogen-bond donors (Lipinski definition) is 1. The van der Waals surface area contributed by atoms with Gasteiger partial charge in [-0.2, -0.15) is 0 Å². The van der Waals surface area contributed by atoms with E-state index in [0.717, 1.165) is 12.2 Å². The molecule has 1 fully saturated rings. The zero-order chi connectivity index (χ0) is 13.1. The molecule has 19 heavy (non-hydrogen) atoms. The Morgan fingerprint density at radius 2 is 2.32 bits per heavy atom. The van der Waals surface area contributed by atoms with E-state index in [-0.39, 0.29) is 24.4 Å². The summed E-state index contributed by atoms with van der Waals surface area (Å²) in [5.74, 6) is 0.717. The zero-order valence-corrected chi connectivity index (χ0v) is 12.3. The molecular weight excluding hydrogens is 287 g/mol. The molecule has 1 aliphatic rings. The molecule has 2 rings (SSSR count). The van der Waals surface area contributed by atoms with Gasteiger partial charge in [0, 0.05) is 18.0 Å². The first-order valence-corrected chi connectivity index (χ1v) is 6.40. The van der Waals surface area contributed by atoms with E-state index in [4.69, 9.17) is 22.1 Å². The maximum Gasteiger partial charge on any atom is 0.239 e. The van der Waals surface area contributed by atoms with Crippen LogP contribution in [0.5, 0.6) is 5.75 Å². The number of amides is 1. The van der Waals surface area contributed by atoms with Crippen LogP contribution in [0.15, 0.2) is 24.3 Å². The third-order valence-electron chi connectivity index (χ3n) is 2.95. The van der Waals surface area contributed by atoms with Crippen molar-refractivity contribution in [2.75, 3.05) is 13.1 Å². The van der Waals surface area contributed by atoms with Crippen molar-refractivity contribution in [3.63, 3.8) is 0 Å². The predicted molar refractivity (Wildman–Crippen MR) is 78.0 cm³/mol. The summed E-state index contributed by atoms with van der Waals surface area (Å²) in [6.45, 7) is 2.99. The van der Waals surface area contributed by atoms with Gasteiger partial charge in [-0.15, -0.1) is 12.4 Å². The first kappa shape index (κ1) is 16.1. The molecule has 1 heterocycles. The Morgan fingerprint density at radius 3 is 2.95 bits per heavy atom. The Balaban J connectivity index is 0.00000180. The number of nitrogens with zero attached hydrogens (tertiary/aromatic N) is 1. The number of benzene rings is 1. The van der Waals surface area contributed by atoms with Crippen LogP contribution in [0, 0.1) is 0 Å². The molecule has 0 aromatic heterocycles. The topological polar surface area (TPSA) is 55.6 Å². The summed E-state index contributed by atoms with van der Waals surface area (Å²) >= 11 is 5.89. The van der Waals surface area contributed by atoms with E-state index in [0.29, 0.717) is 18.1 Å². The summed E-state index contributed by atoms with van der Waals surface area (Å²) in [5, 5.41) is 0.647. The normalized spacial score (nSPS) is 19.7. The maximum absolute atomic E-state index is 11.7. The highest BCUT2D eigenvalue weighted by Crippen LogP contribution is 2.21. The fourth-order valence-electron chi connectivity index (χ4n) is 2.05. The highest BCUT2D eigenvalue weighted by atomic mass is 35.5. The molecule has 1 aromatic rings. The SMILES string of the molecule is C[C@@H](N)C(=O)N1CCC(Oc2cccc(Cl)c2)C1.Cl. The molecule has 1 unspecified atom stereocenters. The highest BCUT2D eigenvalue weighted by Gasteiger charge is 2.28. The molecule has 1 saturated heterocycles. The van der Waals surface area contributed by atoms with Crippen molar-refractivity contribution in [3.8, 4) is 5.75 Å². The van der Waals surface area contributed by atoms with Crippen molar-refractivity contribution < 1.29 is 9.53 Å². The van der Waals surface area contributed by atoms with Gasteiger partial charge in [0.2, 0.25) is 5.91 Å². The number of carbonyl (C=O) groups excluding carboxylic acids is 1. The molecule has 0 spiro atoms. The van der Waals surface area contributed by atoms with Crippen molar-refractivity contribution in [3.05, 3.63) is 29.3 Å². The molecule has 2 N–H and O–H groups in total. The first-order chi connectivity index (χ1) is 8.56. The second kappa shape index (κ2) is 6.98. The van der Waals surface area contributed by atoms with Gasteiger partial charge < -0.3 is 15.4 Å². The lowest BCUT2D eigenvalue weighted by Crippen LogP contribution is -2.41. The standard InChI is InChI=1S/C13H17ClN2O2.ClH/c1-9(15)13(17)16-6-5-12(8-16)18-11-4-2-3-10(14)7-11;/h2-4,7,9,12H,5-6,8,15H2,1H3;1H/t9-,12?;/m1./s1. The molecular formula is C13H18Cl2N2O2. The smallest absolute Gasteiger partial charge is 0.239 e. The minimum Gasteiger partial charge on any atom is -0.488 e. The van der Waals surface area contributed by atoms with Gasteiger partial charge in [0.05, 0.1) is 12.6 Å². The second-order valence-corrected chi connectivity index (χ2v) is 5.00. The molecule has 1 aliphatic heterocycles. The molecule has 0 saturated carbocycles. The predicted octanol–water partition coefficient (Wildman–Crippen LogP) is 2.09. The Kier molecular flexibility index (Phi) is 5.91. The van der Waals surface area contributed by atoms with Gasteiger partial charge in [-0.1, -0.05) is 17.7 Å². The van der Waals surface area contributed by atoms with Gasteiger partial charge in [-0.25, -0.2) is 0 Å². The van der Waals surface area contributed by atoms with Crippen molar-refractivity contribution >= 4 is 29.9 Å². The van der Waals surface area contributed by atoms with Crippen LogP contribution in [0.4, 0.5) is 0 Å². The maximum atomic E-state index is 11.7. The molecule has 0 radical (unpaired) electrons. The molecule has 2 atom stereocenters. The number of nitrogens with two attached hydrogens (primary N) is 1. The van der Waals surface area contributed by atoms with Crippen LogP contribution in [-0.2, 0) is 4.79 Å². The number of rotatable bonds is 3. The van der Waals surface area contributed by atoms with Crippen LogP contribution >= 0.6 is 24.0 Å². The van der Waals surface area contributed by atoms with Gasteiger partial charge in [0.25, 0.3) is 0 Å². The Hall–Kier alpha value is -0.970. The number of hydrogen-bond acceptors (Lipinski definition) is 3. The molecule has 0 aliphatic carbocycles. The van der Waals surface area contributed by atoms with Crippen LogP contribution in [0.3, 0.4) is 0 Å². The van der Waals surface area contributed by atoms with Crippen molar-refractivity contribution in [2.45, 2.75) is 25.5 Å². The minimum absolute atomic E-state index is 0. The summed E-state index contributed by atoms with van der Waals surface area (Å²) < 4.78 is 5.80. The summed E-state index contributed by atoms with van der Waals surface area (Å²) in [7, 11) is 0. The van der Waals surface area contributed by atoms with E-state index in [1.165, 1.54) is 0 Å². The molecule has 6 heteroatoms. The van der Waals surface area contributed by atoms with Crippen LogP contribution in [0.25, 0.3) is 0 Å². The Labute approximate surface area is 124 Å². The number of likely N-dealkylation sites (tertiary alicyclic amines) is 1. The Morgan fingerprint density at radius 1 is 1.58 bits per heavy atom. The molecule has 0 bridgehead atoms. The lowest BCUT2D eigenvalue weighted by molar-refractivity contribution is -0.131. The van der Waals surface area contributed by atoms with Crippen LogP contribution in [-0.4, -0.2) is 36.0 Å². The summed E-state index contributed by atoms with van der Waals surface area (Å²) in [5.41, 5.74) is 5.58. The van der Waals surface area contributed by atoms with Crippen LogP contribution < -0.4 is 10.5 Å². The van der Waals surface area contributed by atoms with E-state index in [9.17, 15) is 4.79 Å². The summed E-state index contributed by atoms with van der Waals surface area (Å²) in [6.07, 6.45) is 0.844. The lowest BCUT2D eigenvalue weighted by Gasteiger charge is -2.19. The van der Waals surface area contributed by atoms with Crippen molar-refractivity contribution in [1.29, 1.82) is 0 Å². The van der Waals surface area contributed by atoms with E-state index in [1.54, 1.807) is 24.0 Å². The number of ether oxygens (including phenoxy) is 1. The van der Waals surface area contributed by atoms with E-state index >= 15 is 0 Å².